The second-order valence-corrected chi connectivity index (χ2v) is 3.10. The highest BCUT2D eigenvalue weighted by molar-refractivity contribution is 5.96. The molecule has 1 amide bonds. The normalized spacial score (nSPS) is 9.57. The van der Waals surface area contributed by atoms with Gasteiger partial charge in [0, 0.05) is 12.6 Å². The molecule has 0 saturated carbocycles. The fourth-order valence-electron chi connectivity index (χ4n) is 1.11. The SMILES string of the molecule is C=CN(C)C(=O)c1cc(O)ccc1C. The standard InChI is InChI=1S/C11H13NO2/c1-4-12(3)11(14)10-7-9(13)6-5-8(10)2/h4-7,13H,1H2,2-3H3. The molecule has 0 unspecified atom stereocenters. The van der Waals surface area contributed by atoms with Crippen LogP contribution < -0.4 is 0 Å². The number of hydrogen-bond acceptors (Lipinski definition) is 2. The lowest BCUT2D eigenvalue weighted by Gasteiger charge is -2.13. The monoisotopic (exact) mass is 191 g/mol. The number of carbonyl (C=O) groups excluding carboxylic acids is 1. The van der Waals surface area contributed by atoms with Crippen molar-refractivity contribution in [1.82, 2.24) is 4.90 Å². The van der Waals surface area contributed by atoms with Crippen molar-refractivity contribution in [2.75, 3.05) is 7.05 Å². The molecule has 1 rings (SSSR count). The van der Waals surface area contributed by atoms with Crippen molar-refractivity contribution in [3.63, 3.8) is 0 Å². The first-order valence-corrected chi connectivity index (χ1v) is 4.25. The van der Waals surface area contributed by atoms with Gasteiger partial charge in [0.15, 0.2) is 0 Å². The summed E-state index contributed by atoms with van der Waals surface area (Å²) >= 11 is 0. The van der Waals surface area contributed by atoms with Gasteiger partial charge in [-0.25, -0.2) is 0 Å². The van der Waals surface area contributed by atoms with Gasteiger partial charge >= 0.3 is 0 Å². The number of amides is 1. The highest BCUT2D eigenvalue weighted by atomic mass is 16.3. The van der Waals surface area contributed by atoms with Crippen LogP contribution in [-0.4, -0.2) is 23.0 Å². The third-order valence-corrected chi connectivity index (χ3v) is 2.05. The van der Waals surface area contributed by atoms with Crippen LogP contribution in [0.15, 0.2) is 31.0 Å². The lowest BCUT2D eigenvalue weighted by molar-refractivity contribution is 0.0849. The van der Waals surface area contributed by atoms with Crippen molar-refractivity contribution in [2.24, 2.45) is 0 Å². The van der Waals surface area contributed by atoms with E-state index in [4.69, 9.17) is 0 Å². The molecule has 0 fully saturated rings. The van der Waals surface area contributed by atoms with E-state index in [2.05, 4.69) is 6.58 Å². The van der Waals surface area contributed by atoms with E-state index in [0.29, 0.717) is 5.56 Å². The van der Waals surface area contributed by atoms with E-state index in [9.17, 15) is 9.90 Å². The van der Waals surface area contributed by atoms with Crippen LogP contribution in [0.4, 0.5) is 0 Å². The van der Waals surface area contributed by atoms with Crippen molar-refractivity contribution in [2.45, 2.75) is 6.92 Å². The van der Waals surface area contributed by atoms with Gasteiger partial charge in [-0.2, -0.15) is 0 Å². The molecule has 0 heterocycles. The number of rotatable bonds is 2. The highest BCUT2D eigenvalue weighted by Gasteiger charge is 2.12. The molecule has 1 aromatic rings. The van der Waals surface area contributed by atoms with Crippen molar-refractivity contribution in [3.05, 3.63) is 42.1 Å². The predicted octanol–water partition coefficient (Wildman–Crippen LogP) is 1.92. The van der Waals surface area contributed by atoms with Gasteiger partial charge in [-0.15, -0.1) is 0 Å². The summed E-state index contributed by atoms with van der Waals surface area (Å²) in [4.78, 5) is 13.1. The summed E-state index contributed by atoms with van der Waals surface area (Å²) in [5.41, 5.74) is 1.33. The van der Waals surface area contributed by atoms with Gasteiger partial charge in [-0.05, 0) is 30.8 Å². The second kappa shape index (κ2) is 3.96. The Kier molecular flexibility index (Phi) is 2.92. The Morgan fingerprint density at radius 3 is 2.79 bits per heavy atom. The molecule has 0 aliphatic rings. The van der Waals surface area contributed by atoms with Gasteiger partial charge in [0.05, 0.1) is 0 Å². The Hall–Kier alpha value is -1.77. The van der Waals surface area contributed by atoms with Gasteiger partial charge < -0.3 is 10.0 Å². The average Bonchev–Trinajstić information content (AvgIpc) is 2.19. The zero-order valence-corrected chi connectivity index (χ0v) is 8.32. The Bertz CT molecular complexity index is 372. The number of aromatic hydroxyl groups is 1. The molecule has 14 heavy (non-hydrogen) atoms. The van der Waals surface area contributed by atoms with Crippen molar-refractivity contribution in [3.8, 4) is 5.75 Å². The zero-order valence-electron chi connectivity index (χ0n) is 8.32. The zero-order chi connectivity index (χ0) is 10.7. The quantitative estimate of drug-likeness (QED) is 0.775. The average molecular weight is 191 g/mol. The van der Waals surface area contributed by atoms with Gasteiger partial charge in [0.2, 0.25) is 0 Å². The molecule has 0 bridgehead atoms. The van der Waals surface area contributed by atoms with E-state index in [1.54, 1.807) is 19.2 Å². The van der Waals surface area contributed by atoms with E-state index in [0.717, 1.165) is 5.56 Å². The number of aryl methyl sites for hydroxylation is 1. The van der Waals surface area contributed by atoms with Gasteiger partial charge in [0.1, 0.15) is 5.75 Å². The summed E-state index contributed by atoms with van der Waals surface area (Å²) in [5.74, 6) is -0.0789. The van der Waals surface area contributed by atoms with Crippen LogP contribution >= 0.6 is 0 Å². The third kappa shape index (κ3) is 1.93. The molecule has 0 aromatic heterocycles. The van der Waals surface area contributed by atoms with E-state index >= 15 is 0 Å². The molecular weight excluding hydrogens is 178 g/mol. The van der Waals surface area contributed by atoms with Crippen LogP contribution in [0.2, 0.25) is 0 Å². The molecule has 3 nitrogen and oxygen atoms in total. The molecule has 0 aliphatic carbocycles. The van der Waals surface area contributed by atoms with Crippen LogP contribution in [0.1, 0.15) is 15.9 Å². The molecule has 0 saturated heterocycles. The second-order valence-electron chi connectivity index (χ2n) is 3.10. The number of benzene rings is 1. The largest absolute Gasteiger partial charge is 0.508 e. The summed E-state index contributed by atoms with van der Waals surface area (Å²) in [6.07, 6.45) is 1.44. The molecule has 0 radical (unpaired) electrons. The Balaban J connectivity index is 3.11. The van der Waals surface area contributed by atoms with Crippen molar-refractivity contribution >= 4 is 5.91 Å². The number of phenols is 1. The molecule has 0 spiro atoms. The number of carbonyl (C=O) groups is 1. The van der Waals surface area contributed by atoms with Crippen LogP contribution in [0, 0.1) is 6.92 Å². The lowest BCUT2D eigenvalue weighted by Crippen LogP contribution is -2.21. The van der Waals surface area contributed by atoms with Gasteiger partial charge in [-0.1, -0.05) is 12.6 Å². The summed E-state index contributed by atoms with van der Waals surface area (Å²) < 4.78 is 0. The van der Waals surface area contributed by atoms with E-state index in [-0.39, 0.29) is 11.7 Å². The van der Waals surface area contributed by atoms with E-state index in [1.807, 2.05) is 6.92 Å². The molecule has 74 valence electrons. The minimum atomic E-state index is -0.173. The minimum Gasteiger partial charge on any atom is -0.508 e. The summed E-state index contributed by atoms with van der Waals surface area (Å²) in [6.45, 7) is 5.32. The number of phenolic OH excluding ortho intramolecular Hbond substituents is 1. The maximum absolute atomic E-state index is 11.7. The molecule has 0 atom stereocenters. The highest BCUT2D eigenvalue weighted by Crippen LogP contribution is 2.17. The maximum Gasteiger partial charge on any atom is 0.257 e. The lowest BCUT2D eigenvalue weighted by atomic mass is 10.1. The van der Waals surface area contributed by atoms with Gasteiger partial charge in [0.25, 0.3) is 5.91 Å². The van der Waals surface area contributed by atoms with Crippen LogP contribution in [0.3, 0.4) is 0 Å². The van der Waals surface area contributed by atoms with E-state index in [1.165, 1.54) is 17.2 Å². The molecular formula is C11H13NO2. The Labute approximate surface area is 83.3 Å². The Morgan fingerprint density at radius 1 is 1.57 bits per heavy atom. The van der Waals surface area contributed by atoms with Gasteiger partial charge in [-0.3, -0.25) is 4.79 Å². The predicted molar refractivity (Wildman–Crippen MR) is 55.1 cm³/mol. The minimum absolute atomic E-state index is 0.0939. The number of hydrogen-bond donors (Lipinski definition) is 1. The van der Waals surface area contributed by atoms with Crippen molar-refractivity contribution in [1.29, 1.82) is 0 Å². The first-order chi connectivity index (χ1) is 6.56. The molecule has 1 aromatic carbocycles. The fourth-order valence-corrected chi connectivity index (χ4v) is 1.11. The Morgan fingerprint density at radius 2 is 2.21 bits per heavy atom. The van der Waals surface area contributed by atoms with Crippen LogP contribution in [-0.2, 0) is 0 Å². The first-order valence-electron chi connectivity index (χ1n) is 4.25. The smallest absolute Gasteiger partial charge is 0.257 e. The fraction of sp³-hybridized carbons (Fsp3) is 0.182. The first kappa shape index (κ1) is 10.3. The molecule has 1 N–H and O–H groups in total. The summed E-state index contributed by atoms with van der Waals surface area (Å²) in [5, 5.41) is 9.24. The number of nitrogens with zero attached hydrogens (tertiary/aromatic N) is 1. The van der Waals surface area contributed by atoms with Crippen LogP contribution in [0.25, 0.3) is 0 Å². The van der Waals surface area contributed by atoms with E-state index < -0.39 is 0 Å². The molecule has 0 aliphatic heterocycles. The molecule has 3 heteroatoms. The maximum atomic E-state index is 11.7. The third-order valence-electron chi connectivity index (χ3n) is 2.05. The summed E-state index contributed by atoms with van der Waals surface area (Å²) in [6, 6.07) is 4.72. The topological polar surface area (TPSA) is 40.5 Å². The summed E-state index contributed by atoms with van der Waals surface area (Å²) in [7, 11) is 1.62. The van der Waals surface area contributed by atoms with Crippen LogP contribution in [0.5, 0.6) is 5.75 Å². The van der Waals surface area contributed by atoms with Crippen molar-refractivity contribution < 1.29 is 9.90 Å².